The van der Waals surface area contributed by atoms with Crippen LogP contribution in [0.3, 0.4) is 0 Å². The molecule has 0 unspecified atom stereocenters. The highest BCUT2D eigenvalue weighted by Gasteiger charge is 1.97. The number of allylic oxidation sites excluding steroid dienone is 1. The lowest BCUT2D eigenvalue weighted by Gasteiger charge is -2.04. The predicted molar refractivity (Wildman–Crippen MR) is 53.8 cm³/mol. The van der Waals surface area contributed by atoms with E-state index < -0.39 is 0 Å². The Labute approximate surface area is 73.9 Å². The van der Waals surface area contributed by atoms with E-state index in [-0.39, 0.29) is 0 Å². The fourth-order valence-corrected chi connectivity index (χ4v) is 1.09. The highest BCUT2D eigenvalue weighted by Crippen LogP contribution is 2.13. The van der Waals surface area contributed by atoms with E-state index >= 15 is 0 Å². The van der Waals surface area contributed by atoms with Crippen molar-refractivity contribution in [1.29, 1.82) is 0 Å². The summed E-state index contributed by atoms with van der Waals surface area (Å²) in [6.07, 6.45) is 1.92. The van der Waals surface area contributed by atoms with Gasteiger partial charge in [-0.3, -0.25) is 0 Å². The van der Waals surface area contributed by atoms with Gasteiger partial charge in [0.05, 0.1) is 0 Å². The minimum absolute atomic E-state index is 0.845. The summed E-state index contributed by atoms with van der Waals surface area (Å²) in [4.78, 5) is 0. The second-order valence-electron chi connectivity index (χ2n) is 3.04. The summed E-state index contributed by atoms with van der Waals surface area (Å²) in [5, 5.41) is 0. The molecule has 0 fully saturated rings. The van der Waals surface area contributed by atoms with Crippen LogP contribution in [0.2, 0.25) is 0 Å². The van der Waals surface area contributed by atoms with Crippen molar-refractivity contribution in [3.8, 4) is 0 Å². The van der Waals surface area contributed by atoms with Gasteiger partial charge in [-0.05, 0) is 43.5 Å². The number of hydrogen-bond donors (Lipinski definition) is 1. The molecule has 0 saturated carbocycles. The van der Waals surface area contributed by atoms with Gasteiger partial charge in [0.25, 0.3) is 0 Å². The lowest BCUT2D eigenvalue weighted by atomic mass is 10.0. The molecule has 0 amide bonds. The van der Waals surface area contributed by atoms with E-state index in [0.29, 0.717) is 0 Å². The summed E-state index contributed by atoms with van der Waals surface area (Å²) in [5.41, 5.74) is 10.3. The van der Waals surface area contributed by atoms with Gasteiger partial charge >= 0.3 is 0 Å². The van der Waals surface area contributed by atoms with Crippen LogP contribution in [0.5, 0.6) is 0 Å². The van der Waals surface area contributed by atoms with Gasteiger partial charge in [0, 0.05) is 5.70 Å². The van der Waals surface area contributed by atoms with Crippen LogP contribution in [0, 0.1) is 13.8 Å². The van der Waals surface area contributed by atoms with Crippen molar-refractivity contribution in [2.24, 2.45) is 5.73 Å². The molecular weight excluding hydrogens is 146 g/mol. The van der Waals surface area contributed by atoms with Crippen molar-refractivity contribution >= 4 is 5.70 Å². The largest absolute Gasteiger partial charge is 0.399 e. The number of rotatable bonds is 1. The third kappa shape index (κ3) is 1.67. The highest BCUT2D eigenvalue weighted by atomic mass is 14.6. The van der Waals surface area contributed by atoms with Crippen LogP contribution in [0.1, 0.15) is 23.6 Å². The maximum absolute atomic E-state index is 5.77. The first-order chi connectivity index (χ1) is 5.65. The van der Waals surface area contributed by atoms with E-state index in [1.807, 2.05) is 13.0 Å². The third-order valence-electron chi connectivity index (χ3n) is 2.15. The van der Waals surface area contributed by atoms with E-state index in [4.69, 9.17) is 5.73 Å². The molecule has 0 aliphatic rings. The second kappa shape index (κ2) is 3.44. The van der Waals surface area contributed by atoms with Crippen LogP contribution in [0.15, 0.2) is 24.3 Å². The molecule has 12 heavy (non-hydrogen) atoms. The SMILES string of the molecule is C/C=C(\N)c1ccc(C)c(C)c1. The molecule has 1 aromatic carbocycles. The minimum Gasteiger partial charge on any atom is -0.399 e. The molecule has 0 spiro atoms. The summed E-state index contributed by atoms with van der Waals surface area (Å²) in [6.45, 7) is 6.15. The van der Waals surface area contributed by atoms with Gasteiger partial charge in [-0.2, -0.15) is 0 Å². The van der Waals surface area contributed by atoms with Crippen LogP contribution < -0.4 is 5.73 Å². The van der Waals surface area contributed by atoms with Gasteiger partial charge in [-0.25, -0.2) is 0 Å². The van der Waals surface area contributed by atoms with Crippen molar-refractivity contribution < 1.29 is 0 Å². The van der Waals surface area contributed by atoms with Gasteiger partial charge in [-0.15, -0.1) is 0 Å². The van der Waals surface area contributed by atoms with Crippen molar-refractivity contribution in [2.75, 3.05) is 0 Å². The van der Waals surface area contributed by atoms with Gasteiger partial charge in [0.1, 0.15) is 0 Å². The van der Waals surface area contributed by atoms with Crippen molar-refractivity contribution in [3.05, 3.63) is 41.0 Å². The molecule has 0 saturated heterocycles. The average molecular weight is 161 g/mol. The number of aryl methyl sites for hydroxylation is 2. The molecule has 64 valence electrons. The lowest BCUT2D eigenvalue weighted by Crippen LogP contribution is -1.96. The lowest BCUT2D eigenvalue weighted by molar-refractivity contribution is 1.32. The Morgan fingerprint density at radius 3 is 2.42 bits per heavy atom. The van der Waals surface area contributed by atoms with Gasteiger partial charge in [0.15, 0.2) is 0 Å². The Bertz CT molecular complexity index is 311. The number of benzene rings is 1. The predicted octanol–water partition coefficient (Wildman–Crippen LogP) is 2.62. The first-order valence-corrected chi connectivity index (χ1v) is 4.14. The quantitative estimate of drug-likeness (QED) is 0.673. The topological polar surface area (TPSA) is 26.0 Å². The molecule has 1 nitrogen and oxygen atoms in total. The van der Waals surface area contributed by atoms with Crippen LogP contribution in [-0.2, 0) is 0 Å². The average Bonchev–Trinajstić information content (AvgIpc) is 2.08. The number of hydrogen-bond acceptors (Lipinski definition) is 1. The van der Waals surface area contributed by atoms with Crippen molar-refractivity contribution in [3.63, 3.8) is 0 Å². The normalized spacial score (nSPS) is 11.8. The van der Waals surface area contributed by atoms with E-state index in [1.165, 1.54) is 11.1 Å². The molecule has 0 aromatic heterocycles. The van der Waals surface area contributed by atoms with E-state index in [1.54, 1.807) is 0 Å². The minimum atomic E-state index is 0.845. The Balaban J connectivity index is 3.13. The fraction of sp³-hybridized carbons (Fsp3) is 0.273. The maximum Gasteiger partial charge on any atom is 0.0344 e. The summed E-state index contributed by atoms with van der Waals surface area (Å²) in [7, 11) is 0. The summed E-state index contributed by atoms with van der Waals surface area (Å²) >= 11 is 0. The maximum atomic E-state index is 5.77. The monoisotopic (exact) mass is 161 g/mol. The zero-order valence-electron chi connectivity index (χ0n) is 7.89. The van der Waals surface area contributed by atoms with E-state index in [9.17, 15) is 0 Å². The van der Waals surface area contributed by atoms with E-state index in [0.717, 1.165) is 11.3 Å². The molecule has 0 heterocycles. The first kappa shape index (κ1) is 8.85. The standard InChI is InChI=1S/C11H15N/c1-4-11(12)10-6-5-8(2)9(3)7-10/h4-7H,12H2,1-3H3/b11-4-. The molecule has 0 aliphatic heterocycles. The Morgan fingerprint density at radius 1 is 1.25 bits per heavy atom. The highest BCUT2D eigenvalue weighted by molar-refractivity contribution is 5.63. The van der Waals surface area contributed by atoms with Gasteiger partial charge in [0.2, 0.25) is 0 Å². The van der Waals surface area contributed by atoms with E-state index in [2.05, 4.69) is 32.0 Å². The van der Waals surface area contributed by atoms with Crippen LogP contribution in [-0.4, -0.2) is 0 Å². The molecule has 1 aromatic rings. The molecular formula is C11H15N. The smallest absolute Gasteiger partial charge is 0.0344 e. The molecule has 1 heteroatoms. The molecule has 1 rings (SSSR count). The van der Waals surface area contributed by atoms with Gasteiger partial charge < -0.3 is 5.73 Å². The van der Waals surface area contributed by atoms with Crippen LogP contribution >= 0.6 is 0 Å². The zero-order valence-corrected chi connectivity index (χ0v) is 7.89. The Kier molecular flexibility index (Phi) is 2.54. The molecule has 0 atom stereocenters. The molecule has 0 bridgehead atoms. The van der Waals surface area contributed by atoms with Crippen molar-refractivity contribution in [1.82, 2.24) is 0 Å². The third-order valence-corrected chi connectivity index (χ3v) is 2.15. The Morgan fingerprint density at radius 2 is 1.92 bits per heavy atom. The second-order valence-corrected chi connectivity index (χ2v) is 3.04. The summed E-state index contributed by atoms with van der Waals surface area (Å²) in [5.74, 6) is 0. The van der Waals surface area contributed by atoms with Crippen LogP contribution in [0.4, 0.5) is 0 Å². The van der Waals surface area contributed by atoms with Crippen molar-refractivity contribution in [2.45, 2.75) is 20.8 Å². The first-order valence-electron chi connectivity index (χ1n) is 4.14. The summed E-state index contributed by atoms with van der Waals surface area (Å²) < 4.78 is 0. The molecule has 0 radical (unpaired) electrons. The van der Waals surface area contributed by atoms with Crippen LogP contribution in [0.25, 0.3) is 5.70 Å². The molecule has 2 N–H and O–H groups in total. The fourth-order valence-electron chi connectivity index (χ4n) is 1.09. The number of nitrogens with two attached hydrogens (primary N) is 1. The summed E-state index contributed by atoms with van der Waals surface area (Å²) in [6, 6.07) is 6.27. The zero-order chi connectivity index (χ0) is 9.14. The van der Waals surface area contributed by atoms with Gasteiger partial charge in [-0.1, -0.05) is 18.2 Å². The Hall–Kier alpha value is -1.24. The molecule has 0 aliphatic carbocycles.